The van der Waals surface area contributed by atoms with E-state index >= 15 is 0 Å². The molecule has 0 bridgehead atoms. The van der Waals surface area contributed by atoms with Gasteiger partial charge in [0.15, 0.2) is 0 Å². The highest BCUT2D eigenvalue weighted by atomic mass is 16.2. The van der Waals surface area contributed by atoms with Gasteiger partial charge in [0.2, 0.25) is 11.8 Å². The number of rotatable bonds is 6. The molecule has 0 aliphatic carbocycles. The van der Waals surface area contributed by atoms with Gasteiger partial charge in [-0.1, -0.05) is 60.7 Å². The standard InChI is InChI=1S/C21H25N3O2/c22-18(14-16-8-3-1-4-9-16)20(25)24(15-17-10-5-2-6-11-17)21(26)19-12-7-13-23-19/h1-6,8-11,18-19,23H,7,12-15,22H2/t18-,19+/m1/s1. The molecule has 1 fully saturated rings. The van der Waals surface area contributed by atoms with E-state index in [0.29, 0.717) is 6.42 Å². The Bertz CT molecular complexity index is 727. The van der Waals surface area contributed by atoms with Crippen LogP contribution in [-0.4, -0.2) is 35.3 Å². The molecular formula is C21H25N3O2. The zero-order valence-corrected chi connectivity index (χ0v) is 14.8. The normalized spacial score (nSPS) is 17.7. The van der Waals surface area contributed by atoms with Crippen molar-refractivity contribution in [2.45, 2.75) is 37.9 Å². The quantitative estimate of drug-likeness (QED) is 0.833. The largest absolute Gasteiger partial charge is 0.320 e. The van der Waals surface area contributed by atoms with Gasteiger partial charge in [-0.15, -0.1) is 0 Å². The summed E-state index contributed by atoms with van der Waals surface area (Å²) in [5.74, 6) is -0.503. The molecule has 2 atom stereocenters. The summed E-state index contributed by atoms with van der Waals surface area (Å²) in [7, 11) is 0. The molecule has 136 valence electrons. The monoisotopic (exact) mass is 351 g/mol. The third-order valence-corrected chi connectivity index (χ3v) is 4.69. The number of carbonyl (C=O) groups excluding carboxylic acids is 2. The number of imide groups is 1. The van der Waals surface area contributed by atoms with Crippen molar-refractivity contribution in [1.29, 1.82) is 0 Å². The van der Waals surface area contributed by atoms with Crippen LogP contribution in [0, 0.1) is 0 Å². The Labute approximate surface area is 154 Å². The maximum Gasteiger partial charge on any atom is 0.246 e. The summed E-state index contributed by atoms with van der Waals surface area (Å²) in [6, 6.07) is 18.1. The van der Waals surface area contributed by atoms with Crippen LogP contribution in [0.25, 0.3) is 0 Å². The Morgan fingerprint density at radius 3 is 2.23 bits per heavy atom. The molecule has 0 radical (unpaired) electrons. The van der Waals surface area contributed by atoms with E-state index in [1.54, 1.807) is 0 Å². The molecule has 3 rings (SSSR count). The molecule has 0 aromatic heterocycles. The molecule has 1 saturated heterocycles. The van der Waals surface area contributed by atoms with Crippen molar-refractivity contribution in [2.24, 2.45) is 5.73 Å². The van der Waals surface area contributed by atoms with Crippen LogP contribution < -0.4 is 11.1 Å². The van der Waals surface area contributed by atoms with Gasteiger partial charge < -0.3 is 11.1 Å². The number of benzene rings is 2. The zero-order valence-electron chi connectivity index (χ0n) is 14.8. The number of carbonyl (C=O) groups is 2. The van der Waals surface area contributed by atoms with Crippen LogP contribution in [0.2, 0.25) is 0 Å². The molecule has 5 heteroatoms. The minimum absolute atomic E-state index is 0.181. The minimum atomic E-state index is -0.744. The van der Waals surface area contributed by atoms with Crippen molar-refractivity contribution in [3.05, 3.63) is 71.8 Å². The Hall–Kier alpha value is -2.50. The summed E-state index contributed by atoms with van der Waals surface area (Å²) < 4.78 is 0. The van der Waals surface area contributed by atoms with Gasteiger partial charge >= 0.3 is 0 Å². The first-order valence-corrected chi connectivity index (χ1v) is 9.07. The second-order valence-corrected chi connectivity index (χ2v) is 6.69. The summed E-state index contributed by atoms with van der Waals surface area (Å²) in [5, 5.41) is 3.18. The fraction of sp³-hybridized carbons (Fsp3) is 0.333. The van der Waals surface area contributed by atoms with Crippen LogP contribution in [0.4, 0.5) is 0 Å². The van der Waals surface area contributed by atoms with E-state index < -0.39 is 6.04 Å². The van der Waals surface area contributed by atoms with Crippen LogP contribution in [0.15, 0.2) is 60.7 Å². The Balaban J connectivity index is 1.76. The van der Waals surface area contributed by atoms with E-state index in [-0.39, 0.29) is 24.4 Å². The van der Waals surface area contributed by atoms with E-state index in [0.717, 1.165) is 30.5 Å². The molecule has 0 saturated carbocycles. The Kier molecular flexibility index (Phi) is 6.15. The summed E-state index contributed by atoms with van der Waals surface area (Å²) in [6.45, 7) is 1.05. The predicted octanol–water partition coefficient (Wildman–Crippen LogP) is 1.86. The molecule has 5 nitrogen and oxygen atoms in total. The second kappa shape index (κ2) is 8.74. The van der Waals surface area contributed by atoms with Crippen molar-refractivity contribution >= 4 is 11.8 Å². The number of nitrogens with two attached hydrogens (primary N) is 1. The third-order valence-electron chi connectivity index (χ3n) is 4.69. The molecular weight excluding hydrogens is 326 g/mol. The van der Waals surface area contributed by atoms with Crippen molar-refractivity contribution in [3.63, 3.8) is 0 Å². The van der Waals surface area contributed by atoms with Gasteiger partial charge in [0.25, 0.3) is 0 Å². The van der Waals surface area contributed by atoms with Gasteiger partial charge in [0.1, 0.15) is 0 Å². The number of amides is 2. The lowest BCUT2D eigenvalue weighted by atomic mass is 10.0. The highest BCUT2D eigenvalue weighted by molar-refractivity contribution is 6.00. The maximum atomic E-state index is 13.0. The zero-order chi connectivity index (χ0) is 18.4. The van der Waals surface area contributed by atoms with Crippen molar-refractivity contribution in [3.8, 4) is 0 Å². The fourth-order valence-corrected chi connectivity index (χ4v) is 3.27. The lowest BCUT2D eigenvalue weighted by Gasteiger charge is -2.27. The van der Waals surface area contributed by atoms with Crippen LogP contribution in [0.1, 0.15) is 24.0 Å². The number of hydrogen-bond acceptors (Lipinski definition) is 4. The second-order valence-electron chi connectivity index (χ2n) is 6.69. The fourth-order valence-electron chi connectivity index (χ4n) is 3.27. The minimum Gasteiger partial charge on any atom is -0.320 e. The molecule has 3 N–H and O–H groups in total. The van der Waals surface area contributed by atoms with E-state index in [4.69, 9.17) is 5.73 Å². The Morgan fingerprint density at radius 2 is 1.65 bits per heavy atom. The van der Waals surface area contributed by atoms with Crippen LogP contribution in [0.5, 0.6) is 0 Å². The third kappa shape index (κ3) is 4.56. The summed E-state index contributed by atoms with van der Waals surface area (Å²) in [5.41, 5.74) is 8.08. The van der Waals surface area contributed by atoms with Crippen LogP contribution >= 0.6 is 0 Å². The van der Waals surface area contributed by atoms with Gasteiger partial charge in [0, 0.05) is 0 Å². The SMILES string of the molecule is N[C@H](Cc1ccccc1)C(=O)N(Cc1ccccc1)C(=O)[C@@H]1CCCN1. The van der Waals surface area contributed by atoms with Gasteiger partial charge in [0.05, 0.1) is 18.6 Å². The molecule has 1 aliphatic rings. The number of hydrogen-bond donors (Lipinski definition) is 2. The summed E-state index contributed by atoms with van der Waals surface area (Å²) >= 11 is 0. The summed E-state index contributed by atoms with van der Waals surface area (Å²) in [6.07, 6.45) is 2.11. The van der Waals surface area contributed by atoms with E-state index in [2.05, 4.69) is 5.32 Å². The van der Waals surface area contributed by atoms with Gasteiger partial charge in [-0.25, -0.2) is 0 Å². The van der Waals surface area contributed by atoms with Crippen LogP contribution in [0.3, 0.4) is 0 Å². The van der Waals surface area contributed by atoms with Crippen molar-refractivity contribution in [1.82, 2.24) is 10.2 Å². The van der Waals surface area contributed by atoms with E-state index in [9.17, 15) is 9.59 Å². The molecule has 2 aromatic rings. The lowest BCUT2D eigenvalue weighted by molar-refractivity contribution is -0.147. The highest BCUT2D eigenvalue weighted by Gasteiger charge is 2.33. The van der Waals surface area contributed by atoms with Crippen LogP contribution in [-0.2, 0) is 22.6 Å². The highest BCUT2D eigenvalue weighted by Crippen LogP contribution is 2.14. The molecule has 0 spiro atoms. The smallest absolute Gasteiger partial charge is 0.246 e. The first kappa shape index (κ1) is 18.3. The predicted molar refractivity (Wildman–Crippen MR) is 101 cm³/mol. The van der Waals surface area contributed by atoms with Gasteiger partial charge in [-0.3, -0.25) is 14.5 Å². The molecule has 0 unspecified atom stereocenters. The number of nitrogens with one attached hydrogen (secondary N) is 1. The molecule has 2 amide bonds. The molecule has 1 heterocycles. The van der Waals surface area contributed by atoms with Crippen molar-refractivity contribution in [2.75, 3.05) is 6.54 Å². The topological polar surface area (TPSA) is 75.4 Å². The molecule has 26 heavy (non-hydrogen) atoms. The maximum absolute atomic E-state index is 13.0. The average molecular weight is 351 g/mol. The molecule has 1 aliphatic heterocycles. The van der Waals surface area contributed by atoms with Crippen molar-refractivity contribution < 1.29 is 9.59 Å². The summed E-state index contributed by atoms with van der Waals surface area (Å²) in [4.78, 5) is 27.3. The first-order chi connectivity index (χ1) is 12.6. The Morgan fingerprint density at radius 1 is 1.04 bits per heavy atom. The van der Waals surface area contributed by atoms with E-state index in [1.165, 1.54) is 4.90 Å². The van der Waals surface area contributed by atoms with E-state index in [1.807, 2.05) is 60.7 Å². The molecule has 2 aromatic carbocycles. The lowest BCUT2D eigenvalue weighted by Crippen LogP contribution is -2.52. The average Bonchev–Trinajstić information content (AvgIpc) is 3.21. The first-order valence-electron chi connectivity index (χ1n) is 9.07. The number of nitrogens with zero attached hydrogens (tertiary/aromatic N) is 1. The van der Waals surface area contributed by atoms with Gasteiger partial charge in [-0.2, -0.15) is 0 Å². The van der Waals surface area contributed by atoms with Gasteiger partial charge in [-0.05, 0) is 36.9 Å².